The SMILES string of the molecule is Cc1oc(-c2ccccc2)nc1CC(=O)Nc1nc2c(s1)CCCCCC2. The molecule has 1 aromatic carbocycles. The topological polar surface area (TPSA) is 68.0 Å². The van der Waals surface area contributed by atoms with E-state index in [0.717, 1.165) is 18.4 Å². The minimum atomic E-state index is -0.104. The molecule has 4 rings (SSSR count). The number of amides is 1. The third kappa shape index (κ3) is 4.27. The molecule has 0 saturated heterocycles. The number of thiazole rings is 1. The van der Waals surface area contributed by atoms with Gasteiger partial charge in [-0.2, -0.15) is 0 Å². The molecule has 2 heterocycles. The van der Waals surface area contributed by atoms with E-state index in [-0.39, 0.29) is 12.3 Å². The highest BCUT2D eigenvalue weighted by atomic mass is 32.1. The van der Waals surface area contributed by atoms with Gasteiger partial charge in [0.2, 0.25) is 11.8 Å². The number of nitrogens with one attached hydrogen (secondary N) is 1. The Hall–Kier alpha value is -2.47. The summed E-state index contributed by atoms with van der Waals surface area (Å²) in [5.74, 6) is 1.12. The van der Waals surface area contributed by atoms with Gasteiger partial charge in [-0.25, -0.2) is 9.97 Å². The number of oxazole rings is 1. The number of aromatic nitrogens is 2. The molecule has 0 saturated carbocycles. The van der Waals surface area contributed by atoms with E-state index < -0.39 is 0 Å². The van der Waals surface area contributed by atoms with Gasteiger partial charge in [0.05, 0.1) is 17.8 Å². The lowest BCUT2D eigenvalue weighted by Gasteiger charge is -2.06. The molecule has 0 spiro atoms. The van der Waals surface area contributed by atoms with Crippen LogP contribution in [0.5, 0.6) is 0 Å². The maximum absolute atomic E-state index is 12.5. The van der Waals surface area contributed by atoms with E-state index in [4.69, 9.17) is 4.42 Å². The second-order valence-electron chi connectivity index (χ2n) is 6.92. The van der Waals surface area contributed by atoms with Gasteiger partial charge in [-0.3, -0.25) is 4.79 Å². The standard InChI is InChI=1S/C21H23N3O2S/c1-14-17(22-20(26-14)15-9-5-4-6-10-15)13-19(25)24-21-23-16-11-7-2-3-8-12-18(16)27-21/h4-6,9-10H,2-3,7-8,11-13H2,1H3,(H,23,24,25). The van der Waals surface area contributed by atoms with Crippen molar-refractivity contribution in [1.82, 2.24) is 9.97 Å². The molecule has 2 aromatic heterocycles. The first kappa shape index (κ1) is 17.9. The van der Waals surface area contributed by atoms with Gasteiger partial charge in [0.15, 0.2) is 5.13 Å². The fourth-order valence-electron chi connectivity index (χ4n) is 3.37. The number of anilines is 1. The van der Waals surface area contributed by atoms with E-state index >= 15 is 0 Å². The third-order valence-corrected chi connectivity index (χ3v) is 5.91. The van der Waals surface area contributed by atoms with Gasteiger partial charge in [0.1, 0.15) is 5.76 Å². The lowest BCUT2D eigenvalue weighted by molar-refractivity contribution is -0.115. The van der Waals surface area contributed by atoms with Crippen LogP contribution >= 0.6 is 11.3 Å². The van der Waals surface area contributed by atoms with Crippen molar-refractivity contribution in [3.05, 3.63) is 52.4 Å². The molecule has 1 amide bonds. The van der Waals surface area contributed by atoms with Crippen LogP contribution in [0.1, 0.15) is 47.7 Å². The summed E-state index contributed by atoms with van der Waals surface area (Å²) in [4.78, 5) is 23.0. The van der Waals surface area contributed by atoms with Crippen LogP contribution in [0.25, 0.3) is 11.5 Å². The van der Waals surface area contributed by atoms with E-state index in [0.29, 0.717) is 22.5 Å². The first-order chi connectivity index (χ1) is 13.2. The minimum Gasteiger partial charge on any atom is -0.441 e. The molecule has 0 unspecified atom stereocenters. The van der Waals surface area contributed by atoms with Crippen LogP contribution in [-0.4, -0.2) is 15.9 Å². The summed E-state index contributed by atoms with van der Waals surface area (Å²) in [7, 11) is 0. The highest BCUT2D eigenvalue weighted by Crippen LogP contribution is 2.29. The average molecular weight is 382 g/mol. The van der Waals surface area contributed by atoms with E-state index in [1.54, 1.807) is 11.3 Å². The molecular weight excluding hydrogens is 358 g/mol. The summed E-state index contributed by atoms with van der Waals surface area (Å²) in [6, 6.07) is 9.72. The van der Waals surface area contributed by atoms with Crippen LogP contribution in [0.4, 0.5) is 5.13 Å². The monoisotopic (exact) mass is 381 g/mol. The Labute approximate surface area is 162 Å². The van der Waals surface area contributed by atoms with Crippen molar-refractivity contribution in [2.75, 3.05) is 5.32 Å². The van der Waals surface area contributed by atoms with Crippen molar-refractivity contribution >= 4 is 22.4 Å². The normalized spacial score (nSPS) is 14.3. The van der Waals surface area contributed by atoms with Crippen molar-refractivity contribution in [2.24, 2.45) is 0 Å². The van der Waals surface area contributed by atoms with Crippen molar-refractivity contribution < 1.29 is 9.21 Å². The maximum atomic E-state index is 12.5. The molecule has 1 aliphatic carbocycles. The summed E-state index contributed by atoms with van der Waals surface area (Å²) in [6.45, 7) is 1.84. The molecule has 0 fully saturated rings. The van der Waals surface area contributed by atoms with Crippen molar-refractivity contribution in [1.29, 1.82) is 0 Å². The molecule has 27 heavy (non-hydrogen) atoms. The minimum absolute atomic E-state index is 0.104. The summed E-state index contributed by atoms with van der Waals surface area (Å²) < 4.78 is 5.74. The molecular formula is C21H23N3O2S. The zero-order valence-corrected chi connectivity index (χ0v) is 16.3. The van der Waals surface area contributed by atoms with E-state index in [1.165, 1.54) is 36.3 Å². The number of rotatable bonds is 4. The fourth-order valence-corrected chi connectivity index (χ4v) is 4.44. The van der Waals surface area contributed by atoms with Crippen LogP contribution in [-0.2, 0) is 24.1 Å². The molecule has 6 heteroatoms. The van der Waals surface area contributed by atoms with Gasteiger partial charge >= 0.3 is 0 Å². The number of nitrogens with zero attached hydrogens (tertiary/aromatic N) is 2. The van der Waals surface area contributed by atoms with Crippen LogP contribution < -0.4 is 5.32 Å². The largest absolute Gasteiger partial charge is 0.441 e. The lowest BCUT2D eigenvalue weighted by Crippen LogP contribution is -2.15. The van der Waals surface area contributed by atoms with Gasteiger partial charge in [0.25, 0.3) is 0 Å². The molecule has 0 bridgehead atoms. The summed E-state index contributed by atoms with van der Waals surface area (Å²) in [5.41, 5.74) is 2.74. The van der Waals surface area contributed by atoms with Gasteiger partial charge in [0, 0.05) is 10.4 Å². The van der Waals surface area contributed by atoms with Crippen molar-refractivity contribution in [3.8, 4) is 11.5 Å². The summed E-state index contributed by atoms with van der Waals surface area (Å²) in [5, 5.41) is 3.66. The molecule has 1 N–H and O–H groups in total. The number of fused-ring (bicyclic) bond motifs is 1. The predicted molar refractivity (Wildman–Crippen MR) is 107 cm³/mol. The number of hydrogen-bond acceptors (Lipinski definition) is 5. The molecule has 0 aliphatic heterocycles. The highest BCUT2D eigenvalue weighted by molar-refractivity contribution is 7.15. The van der Waals surface area contributed by atoms with Gasteiger partial charge < -0.3 is 9.73 Å². The predicted octanol–water partition coefficient (Wildman–Crippen LogP) is 4.95. The lowest BCUT2D eigenvalue weighted by atomic mass is 10.0. The quantitative estimate of drug-likeness (QED) is 0.694. The van der Waals surface area contributed by atoms with Crippen LogP contribution in [0.15, 0.2) is 34.7 Å². The number of aryl methyl sites for hydroxylation is 3. The van der Waals surface area contributed by atoms with Crippen LogP contribution in [0.3, 0.4) is 0 Å². The fraction of sp³-hybridized carbons (Fsp3) is 0.381. The van der Waals surface area contributed by atoms with Crippen molar-refractivity contribution in [3.63, 3.8) is 0 Å². The third-order valence-electron chi connectivity index (χ3n) is 4.83. The number of hydrogen-bond donors (Lipinski definition) is 1. The molecule has 3 aromatic rings. The van der Waals surface area contributed by atoms with E-state index in [9.17, 15) is 4.79 Å². The molecule has 1 aliphatic rings. The van der Waals surface area contributed by atoms with E-state index in [2.05, 4.69) is 15.3 Å². The molecule has 0 radical (unpaired) electrons. The Kier molecular flexibility index (Phi) is 5.34. The van der Waals surface area contributed by atoms with Crippen LogP contribution in [0.2, 0.25) is 0 Å². The maximum Gasteiger partial charge on any atom is 0.232 e. The highest BCUT2D eigenvalue weighted by Gasteiger charge is 2.18. The van der Waals surface area contributed by atoms with E-state index in [1.807, 2.05) is 37.3 Å². The molecule has 140 valence electrons. The molecule has 5 nitrogen and oxygen atoms in total. The summed E-state index contributed by atoms with van der Waals surface area (Å²) >= 11 is 1.62. The van der Waals surface area contributed by atoms with Crippen molar-refractivity contribution in [2.45, 2.75) is 51.9 Å². The summed E-state index contributed by atoms with van der Waals surface area (Å²) in [6.07, 6.45) is 7.23. The Morgan fingerprint density at radius 3 is 2.70 bits per heavy atom. The zero-order valence-electron chi connectivity index (χ0n) is 15.5. The van der Waals surface area contributed by atoms with Gasteiger partial charge in [-0.15, -0.1) is 11.3 Å². The Morgan fingerprint density at radius 1 is 1.11 bits per heavy atom. The van der Waals surface area contributed by atoms with Crippen LogP contribution in [0, 0.1) is 6.92 Å². The second-order valence-corrected chi connectivity index (χ2v) is 8.00. The number of carbonyl (C=O) groups excluding carboxylic acids is 1. The Morgan fingerprint density at radius 2 is 1.89 bits per heavy atom. The zero-order chi connectivity index (χ0) is 18.6. The number of benzene rings is 1. The van der Waals surface area contributed by atoms with Gasteiger partial charge in [-0.05, 0) is 44.7 Å². The average Bonchev–Trinajstić information content (AvgIpc) is 3.19. The Bertz CT molecular complexity index is 905. The Balaban J connectivity index is 1.44. The smallest absolute Gasteiger partial charge is 0.232 e. The molecule has 0 atom stereocenters. The first-order valence-corrected chi connectivity index (χ1v) is 10.3. The van der Waals surface area contributed by atoms with Gasteiger partial charge in [-0.1, -0.05) is 31.0 Å². The second kappa shape index (κ2) is 8.05. The number of carbonyl (C=O) groups is 1. The first-order valence-electron chi connectivity index (χ1n) is 9.49.